The first-order chi connectivity index (χ1) is 13.0. The SMILES string of the molecule is Cc1cccn2c(=O)c(/C=C3\SC(=S)N(C)C3=O)c(N3CCSCC3)nc12. The van der Waals surface area contributed by atoms with Gasteiger partial charge < -0.3 is 4.90 Å². The highest BCUT2D eigenvalue weighted by Gasteiger charge is 2.30. The van der Waals surface area contributed by atoms with Crippen LogP contribution in [0.1, 0.15) is 11.1 Å². The first-order valence-corrected chi connectivity index (χ1v) is 10.9. The van der Waals surface area contributed by atoms with Gasteiger partial charge in [-0.25, -0.2) is 4.98 Å². The predicted molar refractivity (Wildman–Crippen MR) is 117 cm³/mol. The first-order valence-electron chi connectivity index (χ1n) is 8.53. The number of aromatic nitrogens is 2. The smallest absolute Gasteiger partial charge is 0.267 e. The number of nitrogens with zero attached hydrogens (tertiary/aromatic N) is 4. The van der Waals surface area contributed by atoms with Crippen molar-refractivity contribution in [2.45, 2.75) is 6.92 Å². The van der Waals surface area contributed by atoms with E-state index in [0.717, 1.165) is 30.2 Å². The molecule has 2 aromatic rings. The van der Waals surface area contributed by atoms with Gasteiger partial charge in [0, 0.05) is 37.8 Å². The van der Waals surface area contributed by atoms with Gasteiger partial charge in [0.25, 0.3) is 11.5 Å². The van der Waals surface area contributed by atoms with Crippen LogP contribution in [-0.2, 0) is 4.79 Å². The van der Waals surface area contributed by atoms with E-state index in [1.165, 1.54) is 16.7 Å². The zero-order chi connectivity index (χ0) is 19.1. The quantitative estimate of drug-likeness (QED) is 0.548. The van der Waals surface area contributed by atoms with Crippen LogP contribution in [0.4, 0.5) is 5.82 Å². The average Bonchev–Trinajstić information content (AvgIpc) is 2.92. The standard InChI is InChI=1S/C18H18N4O2S3/c1-11-4-3-5-22-14(11)19-15(21-6-8-26-9-7-21)12(16(22)23)10-13-17(24)20(2)18(25)27-13/h3-5,10H,6-9H2,1-2H3/b13-10-. The van der Waals surface area contributed by atoms with E-state index in [4.69, 9.17) is 17.2 Å². The van der Waals surface area contributed by atoms with Gasteiger partial charge in [0.15, 0.2) is 0 Å². The van der Waals surface area contributed by atoms with Crippen LogP contribution in [0.2, 0.25) is 0 Å². The topological polar surface area (TPSA) is 57.9 Å². The summed E-state index contributed by atoms with van der Waals surface area (Å²) in [4.78, 5) is 34.6. The van der Waals surface area contributed by atoms with Gasteiger partial charge in [0.1, 0.15) is 15.8 Å². The minimum absolute atomic E-state index is 0.168. The second-order valence-electron chi connectivity index (χ2n) is 6.38. The van der Waals surface area contributed by atoms with Crippen molar-refractivity contribution in [3.05, 3.63) is 44.7 Å². The maximum Gasteiger partial charge on any atom is 0.267 e. The van der Waals surface area contributed by atoms with Crippen LogP contribution in [-0.4, -0.2) is 56.2 Å². The highest BCUT2D eigenvalue weighted by molar-refractivity contribution is 8.26. The summed E-state index contributed by atoms with van der Waals surface area (Å²) >= 11 is 8.33. The fourth-order valence-electron chi connectivity index (χ4n) is 3.12. The molecule has 0 spiro atoms. The molecule has 140 valence electrons. The normalized spacial score (nSPS) is 19.6. The number of amides is 1. The number of thioether (sulfide) groups is 2. The lowest BCUT2D eigenvalue weighted by Gasteiger charge is -2.28. The molecule has 2 aromatic heterocycles. The Balaban J connectivity index is 1.95. The summed E-state index contributed by atoms with van der Waals surface area (Å²) < 4.78 is 2.04. The second-order valence-corrected chi connectivity index (χ2v) is 9.28. The molecule has 4 heterocycles. The number of anilines is 1. The highest BCUT2D eigenvalue weighted by atomic mass is 32.2. The molecule has 0 aliphatic carbocycles. The lowest BCUT2D eigenvalue weighted by molar-refractivity contribution is -0.121. The zero-order valence-electron chi connectivity index (χ0n) is 15.0. The van der Waals surface area contributed by atoms with E-state index in [1.807, 2.05) is 30.8 Å². The van der Waals surface area contributed by atoms with Gasteiger partial charge in [-0.1, -0.05) is 30.0 Å². The number of fused-ring (bicyclic) bond motifs is 1. The Morgan fingerprint density at radius 2 is 2.00 bits per heavy atom. The van der Waals surface area contributed by atoms with E-state index >= 15 is 0 Å². The molecule has 0 radical (unpaired) electrons. The van der Waals surface area contributed by atoms with Crippen LogP contribution >= 0.6 is 35.7 Å². The summed E-state index contributed by atoms with van der Waals surface area (Å²) in [5.74, 6) is 2.45. The number of rotatable bonds is 2. The van der Waals surface area contributed by atoms with Gasteiger partial charge >= 0.3 is 0 Å². The third-order valence-electron chi connectivity index (χ3n) is 4.64. The number of thiocarbonyl (C=S) groups is 1. The maximum absolute atomic E-state index is 13.3. The molecule has 0 aromatic carbocycles. The molecule has 0 unspecified atom stereocenters. The number of hydrogen-bond donors (Lipinski definition) is 0. The number of carbonyl (C=O) groups is 1. The average molecular weight is 419 g/mol. The fourth-order valence-corrected chi connectivity index (χ4v) is 5.18. The van der Waals surface area contributed by atoms with Crippen molar-refractivity contribution in [3.63, 3.8) is 0 Å². The van der Waals surface area contributed by atoms with E-state index < -0.39 is 0 Å². The molecule has 4 rings (SSSR count). The Hall–Kier alpha value is -1.84. The second kappa shape index (κ2) is 7.29. The van der Waals surface area contributed by atoms with Crippen LogP contribution in [0.3, 0.4) is 0 Å². The minimum atomic E-state index is -0.182. The van der Waals surface area contributed by atoms with Crippen LogP contribution in [0.5, 0.6) is 0 Å². The third-order valence-corrected chi connectivity index (χ3v) is 7.06. The third kappa shape index (κ3) is 3.28. The molecule has 2 aliphatic rings. The lowest BCUT2D eigenvalue weighted by Crippen LogP contribution is -2.36. The summed E-state index contributed by atoms with van der Waals surface area (Å²) in [6.07, 6.45) is 3.37. The van der Waals surface area contributed by atoms with Crippen molar-refractivity contribution < 1.29 is 4.79 Å². The van der Waals surface area contributed by atoms with E-state index in [-0.39, 0.29) is 11.5 Å². The van der Waals surface area contributed by atoms with Gasteiger partial charge in [-0.05, 0) is 24.6 Å². The van der Waals surface area contributed by atoms with E-state index in [1.54, 1.807) is 23.7 Å². The van der Waals surface area contributed by atoms with Gasteiger partial charge in [-0.2, -0.15) is 11.8 Å². The number of pyridine rings is 1. The molecule has 9 heteroatoms. The summed E-state index contributed by atoms with van der Waals surface area (Å²) in [6, 6.07) is 3.78. The predicted octanol–water partition coefficient (Wildman–Crippen LogP) is 2.39. The van der Waals surface area contributed by atoms with Crippen LogP contribution in [0.25, 0.3) is 11.7 Å². The number of aryl methyl sites for hydroxylation is 1. The van der Waals surface area contributed by atoms with Gasteiger partial charge in [0.05, 0.1) is 10.5 Å². The Morgan fingerprint density at radius 3 is 2.67 bits per heavy atom. The molecule has 0 saturated carbocycles. The molecule has 27 heavy (non-hydrogen) atoms. The number of carbonyl (C=O) groups excluding carboxylic acids is 1. The van der Waals surface area contributed by atoms with Crippen molar-refractivity contribution in [1.29, 1.82) is 0 Å². The van der Waals surface area contributed by atoms with Crippen LogP contribution in [0, 0.1) is 6.92 Å². The molecule has 0 bridgehead atoms. The van der Waals surface area contributed by atoms with Gasteiger partial charge in [0.2, 0.25) is 0 Å². The number of hydrogen-bond acceptors (Lipinski definition) is 7. The fraction of sp³-hybridized carbons (Fsp3) is 0.333. The van der Waals surface area contributed by atoms with Gasteiger partial charge in [-0.15, -0.1) is 0 Å². The van der Waals surface area contributed by atoms with E-state index in [0.29, 0.717) is 26.3 Å². The van der Waals surface area contributed by atoms with E-state index in [9.17, 15) is 9.59 Å². The van der Waals surface area contributed by atoms with Crippen molar-refractivity contribution in [2.75, 3.05) is 36.5 Å². The van der Waals surface area contributed by atoms with E-state index in [2.05, 4.69) is 4.90 Å². The molecular formula is C18H18N4O2S3. The van der Waals surface area contributed by atoms with Crippen molar-refractivity contribution >= 4 is 63.5 Å². The first kappa shape index (κ1) is 18.5. The Morgan fingerprint density at radius 1 is 1.26 bits per heavy atom. The Bertz CT molecular complexity index is 1040. The number of likely N-dealkylation sites (N-methyl/N-ethyl adjacent to an activating group) is 1. The summed E-state index contributed by atoms with van der Waals surface area (Å²) in [7, 11) is 1.65. The summed E-state index contributed by atoms with van der Waals surface area (Å²) in [5.41, 5.74) is 1.86. The van der Waals surface area contributed by atoms with Crippen LogP contribution in [0.15, 0.2) is 28.0 Å². The van der Waals surface area contributed by atoms with Gasteiger partial charge in [-0.3, -0.25) is 18.9 Å². The summed E-state index contributed by atoms with van der Waals surface area (Å²) in [5, 5.41) is 0. The van der Waals surface area contributed by atoms with Crippen molar-refractivity contribution in [3.8, 4) is 0 Å². The molecule has 6 nitrogen and oxygen atoms in total. The molecule has 0 atom stereocenters. The molecule has 2 fully saturated rings. The molecule has 2 saturated heterocycles. The minimum Gasteiger partial charge on any atom is -0.354 e. The molecule has 0 N–H and O–H groups in total. The molecule has 2 aliphatic heterocycles. The molecule has 1 amide bonds. The largest absolute Gasteiger partial charge is 0.354 e. The lowest BCUT2D eigenvalue weighted by atomic mass is 10.2. The zero-order valence-corrected chi connectivity index (χ0v) is 17.4. The monoisotopic (exact) mass is 418 g/mol. The Labute approximate surface area is 170 Å². The van der Waals surface area contributed by atoms with Crippen molar-refractivity contribution in [1.82, 2.24) is 14.3 Å². The maximum atomic E-state index is 13.3. The Kier molecular flexibility index (Phi) is 5.00. The highest BCUT2D eigenvalue weighted by Crippen LogP contribution is 2.32. The molecular weight excluding hydrogens is 400 g/mol. The van der Waals surface area contributed by atoms with Crippen molar-refractivity contribution in [2.24, 2.45) is 0 Å². The van der Waals surface area contributed by atoms with Crippen LogP contribution < -0.4 is 10.5 Å². The summed E-state index contributed by atoms with van der Waals surface area (Å²) in [6.45, 7) is 3.60.